The minimum Gasteiger partial charge on any atom is -0.356 e. The summed E-state index contributed by atoms with van der Waals surface area (Å²) >= 11 is 0. The van der Waals surface area contributed by atoms with Crippen LogP contribution in [0.25, 0.3) is 0 Å². The van der Waals surface area contributed by atoms with Gasteiger partial charge in [-0.3, -0.25) is 4.79 Å². The van der Waals surface area contributed by atoms with E-state index in [4.69, 9.17) is 0 Å². The maximum atomic E-state index is 12.8. The molecule has 0 aliphatic heterocycles. The van der Waals surface area contributed by atoms with Crippen LogP contribution in [-0.4, -0.2) is 12.5 Å². The van der Waals surface area contributed by atoms with Crippen LogP contribution in [0.3, 0.4) is 0 Å². The zero-order valence-corrected chi connectivity index (χ0v) is 8.92. The van der Waals surface area contributed by atoms with Gasteiger partial charge in [-0.25, -0.2) is 4.39 Å². The number of aryl methyl sites for hydroxylation is 1. The van der Waals surface area contributed by atoms with Crippen molar-refractivity contribution < 1.29 is 9.18 Å². The third-order valence-electron chi connectivity index (χ3n) is 2.10. The van der Waals surface area contributed by atoms with Gasteiger partial charge in [0, 0.05) is 13.0 Å². The number of amides is 1. The molecule has 1 N–H and O–H groups in total. The fraction of sp³-hybridized carbons (Fsp3) is 0.417. The summed E-state index contributed by atoms with van der Waals surface area (Å²) in [4.78, 5) is 11.3. The van der Waals surface area contributed by atoms with E-state index < -0.39 is 0 Å². The van der Waals surface area contributed by atoms with Gasteiger partial charge in [0.1, 0.15) is 5.82 Å². The number of rotatable bonds is 5. The average molecular weight is 209 g/mol. The van der Waals surface area contributed by atoms with E-state index in [1.165, 1.54) is 12.1 Å². The highest BCUT2D eigenvalue weighted by atomic mass is 19.1. The van der Waals surface area contributed by atoms with Gasteiger partial charge in [0.25, 0.3) is 0 Å². The molecule has 82 valence electrons. The van der Waals surface area contributed by atoms with E-state index in [9.17, 15) is 9.18 Å². The van der Waals surface area contributed by atoms with Crippen LogP contribution < -0.4 is 5.32 Å². The molecule has 0 aliphatic carbocycles. The molecule has 0 heterocycles. The van der Waals surface area contributed by atoms with Gasteiger partial charge in [-0.15, -0.1) is 0 Å². The highest BCUT2D eigenvalue weighted by molar-refractivity contribution is 5.76. The zero-order chi connectivity index (χ0) is 11.1. The van der Waals surface area contributed by atoms with Gasteiger partial charge in [0.15, 0.2) is 0 Å². The zero-order valence-electron chi connectivity index (χ0n) is 8.92. The maximum absolute atomic E-state index is 12.8. The Balaban J connectivity index is 2.33. The van der Waals surface area contributed by atoms with E-state index >= 15 is 0 Å². The van der Waals surface area contributed by atoms with Crippen molar-refractivity contribution in [2.75, 3.05) is 6.54 Å². The van der Waals surface area contributed by atoms with Crippen LogP contribution in [-0.2, 0) is 11.2 Å². The number of hydrogen-bond acceptors (Lipinski definition) is 1. The quantitative estimate of drug-likeness (QED) is 0.792. The molecule has 0 atom stereocenters. The predicted octanol–water partition coefficient (Wildman–Crippen LogP) is 2.28. The summed E-state index contributed by atoms with van der Waals surface area (Å²) < 4.78 is 12.8. The Labute approximate surface area is 89.5 Å². The molecule has 1 aromatic carbocycles. The summed E-state index contributed by atoms with van der Waals surface area (Å²) in [6, 6.07) is 6.36. The van der Waals surface area contributed by atoms with E-state index in [0.717, 1.165) is 12.0 Å². The Morgan fingerprint density at radius 1 is 1.47 bits per heavy atom. The van der Waals surface area contributed by atoms with E-state index in [1.54, 1.807) is 6.07 Å². The van der Waals surface area contributed by atoms with Crippen molar-refractivity contribution in [2.24, 2.45) is 0 Å². The van der Waals surface area contributed by atoms with Crippen LogP contribution in [0, 0.1) is 5.82 Å². The molecule has 1 aromatic rings. The van der Waals surface area contributed by atoms with E-state index in [1.807, 2.05) is 13.0 Å². The number of nitrogens with one attached hydrogen (secondary N) is 1. The van der Waals surface area contributed by atoms with Crippen LogP contribution in [0.5, 0.6) is 0 Å². The van der Waals surface area contributed by atoms with Crippen molar-refractivity contribution in [3.05, 3.63) is 35.6 Å². The van der Waals surface area contributed by atoms with Crippen LogP contribution in [0.4, 0.5) is 4.39 Å². The molecule has 0 saturated carbocycles. The summed E-state index contributed by atoms with van der Waals surface area (Å²) in [5, 5.41) is 2.78. The molecule has 0 aromatic heterocycles. The largest absolute Gasteiger partial charge is 0.356 e. The van der Waals surface area contributed by atoms with Gasteiger partial charge < -0.3 is 5.32 Å². The standard InChI is InChI=1S/C12H16FNO/c1-2-8-14-12(15)7-6-10-4-3-5-11(13)9-10/h3-5,9H,2,6-8H2,1H3,(H,14,15). The first kappa shape index (κ1) is 11.7. The van der Waals surface area contributed by atoms with Gasteiger partial charge in [0.05, 0.1) is 0 Å². The number of benzene rings is 1. The second-order valence-corrected chi connectivity index (χ2v) is 3.48. The summed E-state index contributed by atoms with van der Waals surface area (Å²) in [5.74, 6) is -0.220. The maximum Gasteiger partial charge on any atom is 0.220 e. The topological polar surface area (TPSA) is 29.1 Å². The second-order valence-electron chi connectivity index (χ2n) is 3.48. The minimum absolute atomic E-state index is 0.0288. The molecule has 0 spiro atoms. The minimum atomic E-state index is -0.249. The Bertz CT molecular complexity index is 325. The molecule has 0 saturated heterocycles. The second kappa shape index (κ2) is 6.17. The first-order valence-corrected chi connectivity index (χ1v) is 5.23. The van der Waals surface area contributed by atoms with Gasteiger partial charge in [-0.05, 0) is 30.5 Å². The van der Waals surface area contributed by atoms with E-state index in [-0.39, 0.29) is 11.7 Å². The molecule has 0 fully saturated rings. The Morgan fingerprint density at radius 3 is 2.93 bits per heavy atom. The first-order valence-electron chi connectivity index (χ1n) is 5.23. The summed E-state index contributed by atoms with van der Waals surface area (Å²) in [6.45, 7) is 2.72. The van der Waals surface area contributed by atoms with Crippen LogP contribution in [0.1, 0.15) is 25.3 Å². The van der Waals surface area contributed by atoms with Gasteiger partial charge >= 0.3 is 0 Å². The third kappa shape index (κ3) is 4.58. The van der Waals surface area contributed by atoms with E-state index in [2.05, 4.69) is 5.32 Å². The number of hydrogen-bond donors (Lipinski definition) is 1. The van der Waals surface area contributed by atoms with Crippen molar-refractivity contribution >= 4 is 5.91 Å². The summed E-state index contributed by atoms with van der Waals surface area (Å²) in [5.41, 5.74) is 0.863. The molecule has 1 rings (SSSR count). The molecular formula is C12H16FNO. The Hall–Kier alpha value is -1.38. The fourth-order valence-corrected chi connectivity index (χ4v) is 1.30. The van der Waals surface area contributed by atoms with Crippen LogP contribution in [0.15, 0.2) is 24.3 Å². The first-order chi connectivity index (χ1) is 7.22. The normalized spacial score (nSPS) is 10.0. The molecular weight excluding hydrogens is 193 g/mol. The van der Waals surface area contributed by atoms with Crippen LogP contribution in [0.2, 0.25) is 0 Å². The smallest absolute Gasteiger partial charge is 0.220 e. The molecule has 0 unspecified atom stereocenters. The van der Waals surface area contributed by atoms with Crippen molar-refractivity contribution in [1.29, 1.82) is 0 Å². The van der Waals surface area contributed by atoms with Gasteiger partial charge in [0.2, 0.25) is 5.91 Å². The third-order valence-corrected chi connectivity index (χ3v) is 2.10. The molecule has 0 radical (unpaired) electrons. The number of carbonyl (C=O) groups is 1. The van der Waals surface area contributed by atoms with Gasteiger partial charge in [-0.1, -0.05) is 19.1 Å². The van der Waals surface area contributed by atoms with Crippen molar-refractivity contribution in [3.63, 3.8) is 0 Å². The molecule has 0 aliphatic rings. The summed E-state index contributed by atoms with van der Waals surface area (Å²) in [6.07, 6.45) is 1.95. The SMILES string of the molecule is CCCNC(=O)CCc1cccc(F)c1. The van der Waals surface area contributed by atoms with Crippen LogP contribution >= 0.6 is 0 Å². The lowest BCUT2D eigenvalue weighted by molar-refractivity contribution is -0.121. The van der Waals surface area contributed by atoms with Gasteiger partial charge in [-0.2, -0.15) is 0 Å². The monoisotopic (exact) mass is 209 g/mol. The molecule has 1 amide bonds. The molecule has 2 nitrogen and oxygen atoms in total. The number of carbonyl (C=O) groups excluding carboxylic acids is 1. The lowest BCUT2D eigenvalue weighted by Gasteiger charge is -2.03. The van der Waals surface area contributed by atoms with Crippen molar-refractivity contribution in [1.82, 2.24) is 5.32 Å². The molecule has 3 heteroatoms. The van der Waals surface area contributed by atoms with Crippen molar-refractivity contribution in [2.45, 2.75) is 26.2 Å². The summed E-state index contributed by atoms with van der Waals surface area (Å²) in [7, 11) is 0. The highest BCUT2D eigenvalue weighted by Crippen LogP contribution is 2.05. The highest BCUT2D eigenvalue weighted by Gasteiger charge is 2.01. The van der Waals surface area contributed by atoms with E-state index in [0.29, 0.717) is 19.4 Å². The lowest BCUT2D eigenvalue weighted by Crippen LogP contribution is -2.24. The Morgan fingerprint density at radius 2 is 2.27 bits per heavy atom. The fourth-order valence-electron chi connectivity index (χ4n) is 1.30. The number of halogens is 1. The predicted molar refractivity (Wildman–Crippen MR) is 58.0 cm³/mol. The molecule has 0 bridgehead atoms. The van der Waals surface area contributed by atoms with Crippen molar-refractivity contribution in [3.8, 4) is 0 Å². The average Bonchev–Trinajstić information content (AvgIpc) is 2.23. The molecule has 15 heavy (non-hydrogen) atoms. The Kier molecular flexibility index (Phi) is 4.81. The lowest BCUT2D eigenvalue weighted by atomic mass is 10.1.